The molecule has 0 aromatic carbocycles. The lowest BCUT2D eigenvalue weighted by atomic mass is 10.0. The summed E-state index contributed by atoms with van der Waals surface area (Å²) in [7, 11) is 0. The summed E-state index contributed by atoms with van der Waals surface area (Å²) < 4.78 is 38.3. The summed E-state index contributed by atoms with van der Waals surface area (Å²) in [6, 6.07) is 1.35. The summed E-state index contributed by atoms with van der Waals surface area (Å²) in [5.74, 6) is 1.64. The number of allylic oxidation sites excluding steroid dienone is 1. The van der Waals surface area contributed by atoms with Gasteiger partial charge in [-0.25, -0.2) is 4.98 Å². The minimum atomic E-state index is -4.44. The lowest BCUT2D eigenvalue weighted by Crippen LogP contribution is -2.54. The second-order valence-corrected chi connectivity index (χ2v) is 8.13. The van der Waals surface area contributed by atoms with Crippen LogP contribution in [0.2, 0.25) is 5.02 Å². The van der Waals surface area contributed by atoms with Gasteiger partial charge >= 0.3 is 6.18 Å². The minimum Gasteiger partial charge on any atom is -0.359 e. The number of hydrogen-bond donors (Lipinski definition) is 1. The zero-order valence-electron chi connectivity index (χ0n) is 14.5. The molecule has 1 saturated heterocycles. The van der Waals surface area contributed by atoms with Gasteiger partial charge in [0.15, 0.2) is 5.11 Å². The lowest BCUT2D eigenvalue weighted by molar-refractivity contribution is -0.137. The predicted octanol–water partition coefficient (Wildman–Crippen LogP) is 3.71. The molecular formula is C18H20ClF3N4S. The second kappa shape index (κ2) is 7.13. The van der Waals surface area contributed by atoms with Gasteiger partial charge in [-0.1, -0.05) is 23.8 Å². The first-order chi connectivity index (χ1) is 12.8. The zero-order chi connectivity index (χ0) is 19.2. The van der Waals surface area contributed by atoms with Crippen LogP contribution < -0.4 is 10.2 Å². The molecule has 1 aliphatic heterocycles. The SMILES string of the molecule is FC(F)(F)c1cnc(N2CCN(C(=S)N[C@H]3C[C@H]4C=C[C@H]3C4)CC2)c(Cl)c1. The third kappa shape index (κ3) is 3.87. The molecule has 1 N–H and O–H groups in total. The van der Waals surface area contributed by atoms with Gasteiger partial charge in [-0.3, -0.25) is 0 Å². The number of anilines is 1. The van der Waals surface area contributed by atoms with Gasteiger partial charge in [0.25, 0.3) is 0 Å². The fourth-order valence-corrected chi connectivity index (χ4v) is 4.76. The molecule has 2 fully saturated rings. The molecule has 1 aromatic heterocycles. The van der Waals surface area contributed by atoms with E-state index in [1.165, 1.54) is 6.42 Å². The molecule has 9 heteroatoms. The van der Waals surface area contributed by atoms with Crippen LogP contribution >= 0.6 is 23.8 Å². The summed E-state index contributed by atoms with van der Waals surface area (Å²) in [5.41, 5.74) is -0.833. The summed E-state index contributed by atoms with van der Waals surface area (Å²) in [4.78, 5) is 7.96. The van der Waals surface area contributed by atoms with E-state index in [-0.39, 0.29) is 5.02 Å². The van der Waals surface area contributed by atoms with Gasteiger partial charge in [-0.2, -0.15) is 13.2 Å². The Morgan fingerprint density at radius 1 is 1.19 bits per heavy atom. The molecule has 2 aliphatic carbocycles. The van der Waals surface area contributed by atoms with E-state index in [4.69, 9.17) is 23.8 Å². The van der Waals surface area contributed by atoms with Gasteiger partial charge in [-0.15, -0.1) is 0 Å². The molecule has 3 aliphatic rings. The molecule has 2 heterocycles. The maximum Gasteiger partial charge on any atom is 0.417 e. The van der Waals surface area contributed by atoms with E-state index < -0.39 is 11.7 Å². The monoisotopic (exact) mass is 416 g/mol. The Balaban J connectivity index is 1.33. The summed E-state index contributed by atoms with van der Waals surface area (Å²) in [5, 5.41) is 4.27. The first-order valence-electron chi connectivity index (χ1n) is 9.03. The number of halogens is 4. The van der Waals surface area contributed by atoms with E-state index in [9.17, 15) is 13.2 Å². The predicted molar refractivity (Wildman–Crippen MR) is 103 cm³/mol. The van der Waals surface area contributed by atoms with E-state index in [0.29, 0.717) is 49.9 Å². The molecule has 1 saturated carbocycles. The maximum atomic E-state index is 12.8. The molecule has 2 bridgehead atoms. The zero-order valence-corrected chi connectivity index (χ0v) is 16.1. The lowest BCUT2D eigenvalue weighted by Gasteiger charge is -2.38. The Labute approximate surface area is 166 Å². The topological polar surface area (TPSA) is 31.4 Å². The van der Waals surface area contributed by atoms with Crippen molar-refractivity contribution in [3.05, 3.63) is 35.0 Å². The number of nitrogens with one attached hydrogen (secondary N) is 1. The highest BCUT2D eigenvalue weighted by Gasteiger charge is 2.37. The molecule has 27 heavy (non-hydrogen) atoms. The van der Waals surface area contributed by atoms with Crippen LogP contribution in [0.1, 0.15) is 18.4 Å². The van der Waals surface area contributed by atoms with Crippen molar-refractivity contribution in [3.63, 3.8) is 0 Å². The fraction of sp³-hybridized carbons (Fsp3) is 0.556. The number of hydrogen-bond acceptors (Lipinski definition) is 3. The number of pyridine rings is 1. The van der Waals surface area contributed by atoms with Crippen molar-refractivity contribution in [1.82, 2.24) is 15.2 Å². The van der Waals surface area contributed by atoms with Crippen LogP contribution in [0.5, 0.6) is 0 Å². The van der Waals surface area contributed by atoms with Crippen LogP contribution in [0.4, 0.5) is 19.0 Å². The third-order valence-electron chi connectivity index (χ3n) is 5.60. The first kappa shape index (κ1) is 18.8. The molecule has 1 aromatic rings. The average molecular weight is 417 g/mol. The van der Waals surface area contributed by atoms with E-state index in [1.807, 2.05) is 4.90 Å². The maximum absolute atomic E-state index is 12.8. The second-order valence-electron chi connectivity index (χ2n) is 7.34. The number of piperazine rings is 1. The molecule has 0 spiro atoms. The van der Waals surface area contributed by atoms with Gasteiger partial charge in [0.05, 0.1) is 10.6 Å². The quantitative estimate of drug-likeness (QED) is 0.586. The van der Waals surface area contributed by atoms with Crippen molar-refractivity contribution in [3.8, 4) is 0 Å². The van der Waals surface area contributed by atoms with Gasteiger partial charge < -0.3 is 15.1 Å². The van der Waals surface area contributed by atoms with Crippen LogP contribution in [0.15, 0.2) is 24.4 Å². The van der Waals surface area contributed by atoms with E-state index in [2.05, 4.69) is 27.4 Å². The van der Waals surface area contributed by atoms with Crippen LogP contribution in [0.3, 0.4) is 0 Å². The third-order valence-corrected chi connectivity index (χ3v) is 6.26. The largest absolute Gasteiger partial charge is 0.417 e. The van der Waals surface area contributed by atoms with Crippen molar-refractivity contribution in [1.29, 1.82) is 0 Å². The average Bonchev–Trinajstić information content (AvgIpc) is 3.24. The molecule has 4 rings (SSSR count). The number of fused-ring (bicyclic) bond motifs is 2. The highest BCUT2D eigenvalue weighted by Crippen LogP contribution is 2.39. The number of aromatic nitrogens is 1. The smallest absolute Gasteiger partial charge is 0.359 e. The van der Waals surface area contributed by atoms with Crippen molar-refractivity contribution < 1.29 is 13.2 Å². The van der Waals surface area contributed by atoms with E-state index in [1.54, 1.807) is 0 Å². The van der Waals surface area contributed by atoms with Crippen molar-refractivity contribution in [2.75, 3.05) is 31.1 Å². The number of rotatable bonds is 2. The van der Waals surface area contributed by atoms with Gasteiger partial charge in [0.1, 0.15) is 5.82 Å². The minimum absolute atomic E-state index is 0.0211. The molecular weight excluding hydrogens is 397 g/mol. The first-order valence-corrected chi connectivity index (χ1v) is 9.81. The fourth-order valence-electron chi connectivity index (χ4n) is 4.14. The molecule has 0 unspecified atom stereocenters. The number of thiocarbonyl (C=S) groups is 1. The van der Waals surface area contributed by atoms with Crippen LogP contribution in [-0.2, 0) is 6.18 Å². The Hall–Kier alpha value is -1.54. The van der Waals surface area contributed by atoms with Gasteiger partial charge in [-0.05, 0) is 43.0 Å². The van der Waals surface area contributed by atoms with Crippen molar-refractivity contribution in [2.24, 2.45) is 11.8 Å². The Morgan fingerprint density at radius 3 is 2.48 bits per heavy atom. The molecule has 146 valence electrons. The molecule has 4 nitrogen and oxygen atoms in total. The number of nitrogens with zero attached hydrogens (tertiary/aromatic N) is 3. The normalized spacial score (nSPS) is 27.3. The summed E-state index contributed by atoms with van der Waals surface area (Å²) in [6.45, 7) is 2.58. The molecule has 0 radical (unpaired) electrons. The summed E-state index contributed by atoms with van der Waals surface area (Å²) >= 11 is 11.6. The van der Waals surface area contributed by atoms with Gasteiger partial charge in [0.2, 0.25) is 0 Å². The molecule has 0 amide bonds. The van der Waals surface area contributed by atoms with Gasteiger partial charge in [0, 0.05) is 38.4 Å². The van der Waals surface area contributed by atoms with Crippen LogP contribution in [0, 0.1) is 11.8 Å². The Kier molecular flexibility index (Phi) is 4.96. The standard InChI is InChI=1S/C18H20ClF3N4S/c19-14-9-13(18(20,21)22)10-23-16(14)25-3-5-26(6-4-25)17(27)24-15-8-11-1-2-12(15)7-11/h1-2,9-12,15H,3-8H2,(H,24,27)/t11-,12-,15-/m0/s1. The van der Waals surface area contributed by atoms with E-state index in [0.717, 1.165) is 23.8 Å². The highest BCUT2D eigenvalue weighted by atomic mass is 35.5. The van der Waals surface area contributed by atoms with Crippen LogP contribution in [0.25, 0.3) is 0 Å². The summed E-state index contributed by atoms with van der Waals surface area (Å²) in [6.07, 6.45) is 3.32. The van der Waals surface area contributed by atoms with Crippen molar-refractivity contribution >= 4 is 34.7 Å². The molecule has 3 atom stereocenters. The Bertz CT molecular complexity index is 761. The van der Waals surface area contributed by atoms with Crippen LogP contribution in [-0.4, -0.2) is 47.2 Å². The van der Waals surface area contributed by atoms with Crippen molar-refractivity contribution in [2.45, 2.75) is 25.1 Å². The highest BCUT2D eigenvalue weighted by molar-refractivity contribution is 7.80. The Morgan fingerprint density at radius 2 is 1.93 bits per heavy atom. The van der Waals surface area contributed by atoms with E-state index >= 15 is 0 Å². The number of alkyl halides is 3.